The summed E-state index contributed by atoms with van der Waals surface area (Å²) in [5.41, 5.74) is -2.34. The van der Waals surface area contributed by atoms with Gasteiger partial charge in [-0.15, -0.1) is 0 Å². The number of anilines is 1. The second-order valence-corrected chi connectivity index (χ2v) is 10.2. The number of hydrogen-bond donors (Lipinski definition) is 2. The molecule has 3 aromatic rings. The van der Waals surface area contributed by atoms with E-state index in [4.69, 9.17) is 0 Å². The summed E-state index contributed by atoms with van der Waals surface area (Å²) in [5, 5.41) is 13.0. The summed E-state index contributed by atoms with van der Waals surface area (Å²) < 4.78 is 94.7. The maximum absolute atomic E-state index is 14.2. The topological polar surface area (TPSA) is 86.7 Å². The first-order valence-electron chi connectivity index (χ1n) is 10.6. The minimum absolute atomic E-state index is 0.131. The fourth-order valence-corrected chi connectivity index (χ4v) is 5.50. The predicted octanol–water partition coefficient (Wildman–Crippen LogP) is 4.31. The highest BCUT2D eigenvalue weighted by molar-refractivity contribution is 7.89. The van der Waals surface area contributed by atoms with Gasteiger partial charge < -0.3 is 10.4 Å². The maximum atomic E-state index is 14.2. The summed E-state index contributed by atoms with van der Waals surface area (Å²) in [6.45, 7) is -0.361. The zero-order valence-electron chi connectivity index (χ0n) is 18.4. The van der Waals surface area contributed by atoms with Crippen molar-refractivity contribution >= 4 is 21.6 Å². The van der Waals surface area contributed by atoms with Crippen LogP contribution in [0.2, 0.25) is 0 Å². The molecule has 1 amide bonds. The molecule has 0 unspecified atom stereocenters. The number of halogens is 5. The Morgan fingerprint density at radius 2 is 1.53 bits per heavy atom. The van der Waals surface area contributed by atoms with Gasteiger partial charge in [-0.3, -0.25) is 4.79 Å². The molecule has 0 spiro atoms. The molecular formula is C24H19F5N2O4S. The maximum Gasteiger partial charge on any atom is 0.255 e. The minimum atomic E-state index is -4.14. The van der Waals surface area contributed by atoms with E-state index in [-0.39, 0.29) is 47.6 Å². The third-order valence-electron chi connectivity index (χ3n) is 5.96. The highest BCUT2D eigenvalue weighted by Crippen LogP contribution is 2.36. The van der Waals surface area contributed by atoms with Gasteiger partial charge in [0, 0.05) is 48.1 Å². The number of amides is 1. The van der Waals surface area contributed by atoms with E-state index in [1.165, 1.54) is 18.2 Å². The Bertz CT molecular complexity index is 1420. The van der Waals surface area contributed by atoms with Crippen LogP contribution < -0.4 is 5.32 Å². The van der Waals surface area contributed by atoms with Gasteiger partial charge in [-0.2, -0.15) is 4.31 Å². The van der Waals surface area contributed by atoms with E-state index in [2.05, 4.69) is 5.32 Å². The number of hydrogen-bond acceptors (Lipinski definition) is 4. The van der Waals surface area contributed by atoms with E-state index in [1.54, 1.807) is 0 Å². The molecule has 1 fully saturated rings. The van der Waals surface area contributed by atoms with Gasteiger partial charge in [-0.25, -0.2) is 30.4 Å². The second kappa shape index (κ2) is 9.60. The van der Waals surface area contributed by atoms with Gasteiger partial charge in [0.2, 0.25) is 10.0 Å². The first-order chi connectivity index (χ1) is 16.9. The van der Waals surface area contributed by atoms with Gasteiger partial charge in [0.25, 0.3) is 5.91 Å². The van der Waals surface area contributed by atoms with Gasteiger partial charge in [-0.1, -0.05) is 12.1 Å². The highest BCUT2D eigenvalue weighted by atomic mass is 32.2. The van der Waals surface area contributed by atoms with Gasteiger partial charge in [0.1, 0.15) is 11.6 Å². The smallest absolute Gasteiger partial charge is 0.255 e. The van der Waals surface area contributed by atoms with Crippen LogP contribution in [0.3, 0.4) is 0 Å². The van der Waals surface area contributed by atoms with E-state index >= 15 is 0 Å². The number of carbonyl (C=O) groups is 1. The van der Waals surface area contributed by atoms with Crippen LogP contribution in [-0.2, 0) is 15.6 Å². The van der Waals surface area contributed by atoms with E-state index in [9.17, 15) is 40.3 Å². The van der Waals surface area contributed by atoms with E-state index in [0.717, 1.165) is 22.5 Å². The standard InChI is InChI=1S/C24H19F5N2O4S/c25-15-4-5-18(19(26)11-15)24(33)6-8-31(9-7-24)36(34,35)17-3-1-2-14(10-17)23(32)30-16-12-20(27)22(29)21(28)13-16/h1-5,10-13,33H,6-9H2,(H,30,32). The number of sulfonamides is 1. The lowest BCUT2D eigenvalue weighted by molar-refractivity contribution is -0.0126. The molecule has 2 N–H and O–H groups in total. The molecule has 12 heteroatoms. The minimum Gasteiger partial charge on any atom is -0.385 e. The Labute approximate surface area is 203 Å². The summed E-state index contributed by atoms with van der Waals surface area (Å²) >= 11 is 0. The Kier molecular flexibility index (Phi) is 6.86. The molecule has 0 radical (unpaired) electrons. The lowest BCUT2D eigenvalue weighted by atomic mass is 9.85. The molecule has 0 aromatic heterocycles. The van der Waals surface area contributed by atoms with Crippen molar-refractivity contribution in [2.45, 2.75) is 23.3 Å². The molecule has 3 aromatic carbocycles. The van der Waals surface area contributed by atoms with Crippen molar-refractivity contribution in [3.05, 3.63) is 94.8 Å². The first kappa shape index (κ1) is 25.7. The Morgan fingerprint density at radius 1 is 0.889 bits per heavy atom. The summed E-state index contributed by atoms with van der Waals surface area (Å²) in [7, 11) is -4.14. The van der Waals surface area contributed by atoms with Crippen LogP contribution in [0.15, 0.2) is 59.5 Å². The fourth-order valence-electron chi connectivity index (χ4n) is 4.01. The molecule has 1 aliphatic rings. The fraction of sp³-hybridized carbons (Fsp3) is 0.208. The molecule has 0 atom stereocenters. The average molecular weight is 526 g/mol. The number of nitrogens with zero attached hydrogens (tertiary/aromatic N) is 1. The van der Waals surface area contributed by atoms with Crippen molar-refractivity contribution in [3.8, 4) is 0 Å². The van der Waals surface area contributed by atoms with Gasteiger partial charge >= 0.3 is 0 Å². The van der Waals surface area contributed by atoms with Gasteiger partial charge in [-0.05, 0) is 37.1 Å². The summed E-state index contributed by atoms with van der Waals surface area (Å²) in [6.07, 6.45) is -0.312. The predicted molar refractivity (Wildman–Crippen MR) is 119 cm³/mol. The second-order valence-electron chi connectivity index (χ2n) is 8.30. The lowest BCUT2D eigenvalue weighted by Crippen LogP contribution is -2.45. The molecule has 1 heterocycles. The van der Waals surface area contributed by atoms with Crippen LogP contribution >= 0.6 is 0 Å². The van der Waals surface area contributed by atoms with Crippen molar-refractivity contribution in [1.29, 1.82) is 0 Å². The molecule has 36 heavy (non-hydrogen) atoms. The third kappa shape index (κ3) is 4.97. The quantitative estimate of drug-likeness (QED) is 0.383. The average Bonchev–Trinajstić information content (AvgIpc) is 2.82. The molecule has 0 aliphatic carbocycles. The normalized spacial score (nSPS) is 16.1. The molecule has 4 rings (SSSR count). The monoisotopic (exact) mass is 526 g/mol. The van der Waals surface area contributed by atoms with Gasteiger partial charge in [0.15, 0.2) is 17.5 Å². The van der Waals surface area contributed by atoms with Crippen molar-refractivity contribution in [3.63, 3.8) is 0 Å². The summed E-state index contributed by atoms with van der Waals surface area (Å²) in [5.74, 6) is -7.35. The van der Waals surface area contributed by atoms with E-state index in [1.807, 2.05) is 0 Å². The number of aliphatic hydroxyl groups is 1. The van der Waals surface area contributed by atoms with Crippen LogP contribution in [0.1, 0.15) is 28.8 Å². The summed E-state index contributed by atoms with van der Waals surface area (Å²) in [6, 6.07) is 8.79. The van der Waals surface area contributed by atoms with Crippen LogP contribution in [0.4, 0.5) is 27.6 Å². The van der Waals surface area contributed by atoms with Crippen molar-refractivity contribution in [2.24, 2.45) is 0 Å². The Balaban J connectivity index is 1.51. The highest BCUT2D eigenvalue weighted by Gasteiger charge is 2.40. The first-order valence-corrected chi connectivity index (χ1v) is 12.1. The number of carbonyl (C=O) groups excluding carboxylic acids is 1. The van der Waals surface area contributed by atoms with Crippen LogP contribution in [-0.4, -0.2) is 36.8 Å². The van der Waals surface area contributed by atoms with Crippen LogP contribution in [0.25, 0.3) is 0 Å². The third-order valence-corrected chi connectivity index (χ3v) is 7.85. The number of rotatable bonds is 5. The van der Waals surface area contributed by atoms with Crippen LogP contribution in [0.5, 0.6) is 0 Å². The largest absolute Gasteiger partial charge is 0.385 e. The molecular weight excluding hydrogens is 507 g/mol. The molecule has 0 bridgehead atoms. The van der Waals surface area contributed by atoms with Gasteiger partial charge in [0.05, 0.1) is 10.5 Å². The van der Waals surface area contributed by atoms with Crippen molar-refractivity contribution in [1.82, 2.24) is 4.31 Å². The lowest BCUT2D eigenvalue weighted by Gasteiger charge is -2.38. The number of piperidine rings is 1. The Morgan fingerprint density at radius 3 is 2.14 bits per heavy atom. The molecule has 1 aliphatic heterocycles. The number of nitrogens with one attached hydrogen (secondary N) is 1. The van der Waals surface area contributed by atoms with Crippen molar-refractivity contribution in [2.75, 3.05) is 18.4 Å². The zero-order valence-corrected chi connectivity index (χ0v) is 19.3. The molecule has 6 nitrogen and oxygen atoms in total. The zero-order chi connectivity index (χ0) is 26.3. The molecule has 1 saturated heterocycles. The Hall–Kier alpha value is -3.35. The molecule has 190 valence electrons. The van der Waals surface area contributed by atoms with Crippen LogP contribution in [0, 0.1) is 29.1 Å². The van der Waals surface area contributed by atoms with E-state index in [0.29, 0.717) is 18.2 Å². The van der Waals surface area contributed by atoms with Crippen molar-refractivity contribution < 1.29 is 40.3 Å². The molecule has 0 saturated carbocycles. The SMILES string of the molecule is O=C(Nc1cc(F)c(F)c(F)c1)c1cccc(S(=O)(=O)N2CCC(O)(c3ccc(F)cc3F)CC2)c1. The van der Waals surface area contributed by atoms with E-state index < -0.39 is 50.6 Å². The summed E-state index contributed by atoms with van der Waals surface area (Å²) in [4.78, 5) is 12.3. The number of benzene rings is 3.